The number of aldehydes is 1. The molecule has 0 saturated carbocycles. The molecular formula is C10H14N4O2. The van der Waals surface area contributed by atoms with Gasteiger partial charge in [0.15, 0.2) is 6.29 Å². The van der Waals surface area contributed by atoms with E-state index in [0.29, 0.717) is 18.5 Å². The SMILES string of the molecule is CC(=O)N1CCC[C@@H](n2cc(C=O)nn2)C1. The summed E-state index contributed by atoms with van der Waals surface area (Å²) in [5, 5.41) is 7.62. The van der Waals surface area contributed by atoms with E-state index in [2.05, 4.69) is 10.3 Å². The van der Waals surface area contributed by atoms with Gasteiger partial charge in [0.05, 0.1) is 12.2 Å². The van der Waals surface area contributed by atoms with Gasteiger partial charge in [-0.05, 0) is 12.8 Å². The number of rotatable bonds is 2. The Morgan fingerprint density at radius 1 is 1.62 bits per heavy atom. The van der Waals surface area contributed by atoms with Gasteiger partial charge in [0.1, 0.15) is 5.69 Å². The molecule has 2 rings (SSSR count). The number of carbonyl (C=O) groups is 2. The van der Waals surface area contributed by atoms with E-state index in [-0.39, 0.29) is 11.9 Å². The zero-order valence-corrected chi connectivity index (χ0v) is 9.17. The molecule has 6 nitrogen and oxygen atoms in total. The lowest BCUT2D eigenvalue weighted by Gasteiger charge is -2.31. The van der Waals surface area contributed by atoms with Crippen molar-refractivity contribution in [3.05, 3.63) is 11.9 Å². The van der Waals surface area contributed by atoms with Crippen molar-refractivity contribution in [3.8, 4) is 0 Å². The summed E-state index contributed by atoms with van der Waals surface area (Å²) >= 11 is 0. The number of hydrogen-bond acceptors (Lipinski definition) is 4. The average Bonchev–Trinajstić information content (AvgIpc) is 2.77. The summed E-state index contributed by atoms with van der Waals surface area (Å²) in [7, 11) is 0. The van der Waals surface area contributed by atoms with Gasteiger partial charge in [-0.25, -0.2) is 4.68 Å². The van der Waals surface area contributed by atoms with Gasteiger partial charge in [-0.2, -0.15) is 0 Å². The summed E-state index contributed by atoms with van der Waals surface area (Å²) in [6.07, 6.45) is 4.22. The molecule has 6 heteroatoms. The summed E-state index contributed by atoms with van der Waals surface area (Å²) in [5.74, 6) is 0.0837. The van der Waals surface area contributed by atoms with Crippen LogP contribution in [0, 0.1) is 0 Å². The van der Waals surface area contributed by atoms with Crippen LogP contribution in [0.3, 0.4) is 0 Å². The first-order valence-electron chi connectivity index (χ1n) is 5.33. The van der Waals surface area contributed by atoms with Gasteiger partial charge in [-0.1, -0.05) is 5.21 Å². The van der Waals surface area contributed by atoms with Crippen LogP contribution < -0.4 is 0 Å². The van der Waals surface area contributed by atoms with E-state index in [1.165, 1.54) is 0 Å². The van der Waals surface area contributed by atoms with E-state index in [1.54, 1.807) is 22.7 Å². The van der Waals surface area contributed by atoms with E-state index >= 15 is 0 Å². The van der Waals surface area contributed by atoms with Crippen molar-refractivity contribution in [2.75, 3.05) is 13.1 Å². The van der Waals surface area contributed by atoms with Crippen molar-refractivity contribution in [2.24, 2.45) is 0 Å². The van der Waals surface area contributed by atoms with Crippen molar-refractivity contribution in [1.29, 1.82) is 0 Å². The molecule has 1 fully saturated rings. The van der Waals surface area contributed by atoms with Crippen LogP contribution in [0.2, 0.25) is 0 Å². The largest absolute Gasteiger partial charge is 0.341 e. The Labute approximate surface area is 93.2 Å². The van der Waals surface area contributed by atoms with Gasteiger partial charge >= 0.3 is 0 Å². The molecule has 1 amide bonds. The Kier molecular flexibility index (Phi) is 2.98. The highest BCUT2D eigenvalue weighted by molar-refractivity contribution is 5.73. The van der Waals surface area contributed by atoms with Crippen LogP contribution in [-0.4, -0.2) is 45.2 Å². The summed E-state index contributed by atoms with van der Waals surface area (Å²) in [6, 6.07) is 0.138. The van der Waals surface area contributed by atoms with Gasteiger partial charge in [-0.15, -0.1) is 5.10 Å². The first-order valence-corrected chi connectivity index (χ1v) is 5.33. The van der Waals surface area contributed by atoms with Crippen LogP contribution in [-0.2, 0) is 4.79 Å². The second-order valence-corrected chi connectivity index (χ2v) is 4.00. The molecule has 0 unspecified atom stereocenters. The molecule has 1 atom stereocenters. The molecule has 0 aromatic carbocycles. The number of piperidine rings is 1. The lowest BCUT2D eigenvalue weighted by Crippen LogP contribution is -2.39. The lowest BCUT2D eigenvalue weighted by atomic mass is 10.1. The van der Waals surface area contributed by atoms with E-state index in [4.69, 9.17) is 0 Å². The number of likely N-dealkylation sites (tertiary alicyclic amines) is 1. The molecule has 1 saturated heterocycles. The Hall–Kier alpha value is -1.72. The summed E-state index contributed by atoms with van der Waals surface area (Å²) in [5.41, 5.74) is 0.333. The van der Waals surface area contributed by atoms with Crippen molar-refractivity contribution in [2.45, 2.75) is 25.8 Å². The van der Waals surface area contributed by atoms with Crippen LogP contribution in [0.25, 0.3) is 0 Å². The van der Waals surface area contributed by atoms with Crippen LogP contribution in [0.4, 0.5) is 0 Å². The third-order valence-electron chi connectivity index (χ3n) is 2.86. The number of hydrogen-bond donors (Lipinski definition) is 0. The molecule has 0 N–H and O–H groups in total. The topological polar surface area (TPSA) is 68.1 Å². The number of amides is 1. The highest BCUT2D eigenvalue weighted by Crippen LogP contribution is 2.20. The molecule has 1 aliphatic rings. The predicted octanol–water partition coefficient (Wildman–Crippen LogP) is 0.274. The first-order chi connectivity index (χ1) is 7.70. The maximum absolute atomic E-state index is 11.3. The molecule has 2 heterocycles. The van der Waals surface area contributed by atoms with Gasteiger partial charge in [0, 0.05) is 20.0 Å². The minimum atomic E-state index is 0.0837. The second-order valence-electron chi connectivity index (χ2n) is 4.00. The van der Waals surface area contributed by atoms with Gasteiger partial charge < -0.3 is 4.90 Å². The molecule has 0 aliphatic carbocycles. The standard InChI is InChI=1S/C10H14N4O2/c1-8(16)13-4-2-3-10(6-13)14-5-9(7-15)11-12-14/h5,7,10H,2-4,6H2,1H3/t10-/m1/s1. The predicted molar refractivity (Wildman–Crippen MR) is 55.9 cm³/mol. The molecule has 1 aromatic heterocycles. The number of aromatic nitrogens is 3. The number of carbonyl (C=O) groups excluding carboxylic acids is 2. The molecule has 0 radical (unpaired) electrons. The molecule has 0 spiro atoms. The Morgan fingerprint density at radius 3 is 3.06 bits per heavy atom. The molecule has 16 heavy (non-hydrogen) atoms. The van der Waals surface area contributed by atoms with Crippen LogP contribution in [0.1, 0.15) is 36.3 Å². The highest BCUT2D eigenvalue weighted by atomic mass is 16.2. The van der Waals surface area contributed by atoms with E-state index < -0.39 is 0 Å². The molecule has 1 aromatic rings. The minimum absolute atomic E-state index is 0.0837. The van der Waals surface area contributed by atoms with Crippen molar-refractivity contribution >= 4 is 12.2 Å². The van der Waals surface area contributed by atoms with Gasteiger partial charge in [-0.3, -0.25) is 9.59 Å². The molecule has 86 valence electrons. The monoisotopic (exact) mass is 222 g/mol. The summed E-state index contributed by atoms with van der Waals surface area (Å²) < 4.78 is 1.68. The van der Waals surface area contributed by atoms with Gasteiger partial charge in [0.2, 0.25) is 5.91 Å². The Balaban J connectivity index is 2.09. The fourth-order valence-electron chi connectivity index (χ4n) is 1.98. The minimum Gasteiger partial charge on any atom is -0.341 e. The smallest absolute Gasteiger partial charge is 0.219 e. The maximum atomic E-state index is 11.3. The molecular weight excluding hydrogens is 208 g/mol. The number of nitrogens with zero attached hydrogens (tertiary/aromatic N) is 4. The summed E-state index contributed by atoms with van der Waals surface area (Å²) in [4.78, 5) is 23.6. The maximum Gasteiger partial charge on any atom is 0.219 e. The molecule has 0 bridgehead atoms. The van der Waals surface area contributed by atoms with E-state index in [9.17, 15) is 9.59 Å². The first kappa shape index (κ1) is 10.8. The third-order valence-corrected chi connectivity index (χ3v) is 2.86. The normalized spacial score (nSPS) is 20.8. The Bertz CT molecular complexity index is 401. The zero-order valence-electron chi connectivity index (χ0n) is 9.17. The highest BCUT2D eigenvalue weighted by Gasteiger charge is 2.23. The second kappa shape index (κ2) is 4.42. The van der Waals surface area contributed by atoms with E-state index in [0.717, 1.165) is 19.4 Å². The van der Waals surface area contributed by atoms with Crippen LogP contribution in [0.5, 0.6) is 0 Å². The van der Waals surface area contributed by atoms with E-state index in [1.807, 2.05) is 0 Å². The fourth-order valence-corrected chi connectivity index (χ4v) is 1.98. The quantitative estimate of drug-likeness (QED) is 0.674. The summed E-state index contributed by atoms with van der Waals surface area (Å²) in [6.45, 7) is 3.03. The average molecular weight is 222 g/mol. The Morgan fingerprint density at radius 2 is 2.44 bits per heavy atom. The van der Waals surface area contributed by atoms with Crippen molar-refractivity contribution in [1.82, 2.24) is 19.9 Å². The lowest BCUT2D eigenvalue weighted by molar-refractivity contribution is -0.130. The van der Waals surface area contributed by atoms with Gasteiger partial charge in [0.25, 0.3) is 0 Å². The van der Waals surface area contributed by atoms with Crippen LogP contribution >= 0.6 is 0 Å². The van der Waals surface area contributed by atoms with Crippen molar-refractivity contribution < 1.29 is 9.59 Å². The zero-order chi connectivity index (χ0) is 11.5. The van der Waals surface area contributed by atoms with Crippen LogP contribution in [0.15, 0.2) is 6.20 Å². The fraction of sp³-hybridized carbons (Fsp3) is 0.600. The van der Waals surface area contributed by atoms with Crippen molar-refractivity contribution in [3.63, 3.8) is 0 Å². The molecule has 1 aliphatic heterocycles. The third kappa shape index (κ3) is 2.10.